The second-order valence-electron chi connectivity index (χ2n) is 1.46. The predicted octanol–water partition coefficient (Wildman–Crippen LogP) is 0.787. The van der Waals surface area contributed by atoms with E-state index in [0.717, 1.165) is 0 Å². The van der Waals surface area contributed by atoms with Gasteiger partial charge in [-0.25, -0.2) is 14.8 Å². The van der Waals surface area contributed by atoms with Crippen LogP contribution in [0.5, 0.6) is 0 Å². The Labute approximate surface area is 62.0 Å². The van der Waals surface area contributed by atoms with Crippen molar-refractivity contribution >= 4 is 17.8 Å². The molecule has 5 heteroatoms. The average molecular weight is 159 g/mol. The molecule has 0 saturated heterocycles. The number of hydrogen-bond acceptors (Lipinski definition) is 4. The van der Waals surface area contributed by atoms with Crippen molar-refractivity contribution in [3.8, 4) is 0 Å². The summed E-state index contributed by atoms with van der Waals surface area (Å²) in [5.41, 5.74) is 0.144. The first-order valence-corrected chi connectivity index (χ1v) is 2.74. The van der Waals surface area contributed by atoms with E-state index >= 15 is 0 Å². The molecule has 10 heavy (non-hydrogen) atoms. The number of halogens is 1. The van der Waals surface area contributed by atoms with Gasteiger partial charge in [0, 0.05) is 6.20 Å². The predicted molar refractivity (Wildman–Crippen MR) is 33.3 cm³/mol. The summed E-state index contributed by atoms with van der Waals surface area (Å²) >= 11 is 4.78. The lowest BCUT2D eigenvalue weighted by molar-refractivity contribution is 0.0745. The van der Waals surface area contributed by atoms with Gasteiger partial charge in [0.15, 0.2) is 5.69 Å². The zero-order chi connectivity index (χ0) is 7.40. The molecule has 1 aromatic rings. The van der Waals surface area contributed by atoms with E-state index in [0.29, 0.717) is 0 Å². The second-order valence-corrected chi connectivity index (χ2v) is 1.61. The van der Waals surface area contributed by atoms with Gasteiger partial charge >= 0.3 is 5.97 Å². The van der Waals surface area contributed by atoms with Crippen LogP contribution in [0.15, 0.2) is 18.6 Å². The number of hydrogen-bond donors (Lipinski definition) is 0. The fraction of sp³-hybridized carbons (Fsp3) is 0. The van der Waals surface area contributed by atoms with Crippen molar-refractivity contribution in [1.29, 1.82) is 0 Å². The van der Waals surface area contributed by atoms with E-state index in [1.165, 1.54) is 18.6 Å². The van der Waals surface area contributed by atoms with Crippen LogP contribution >= 0.6 is 11.9 Å². The molecule has 0 N–H and O–H groups in total. The summed E-state index contributed by atoms with van der Waals surface area (Å²) < 4.78 is 3.88. The van der Waals surface area contributed by atoms with Gasteiger partial charge in [-0.2, -0.15) is 0 Å². The summed E-state index contributed by atoms with van der Waals surface area (Å²) in [6, 6.07) is 1.41. The highest BCUT2D eigenvalue weighted by Crippen LogP contribution is 1.95. The number of carbonyl (C=O) groups is 1. The molecule has 0 bridgehead atoms. The van der Waals surface area contributed by atoms with Crippen LogP contribution in [0.25, 0.3) is 0 Å². The number of aromatic nitrogens is 2. The van der Waals surface area contributed by atoms with Crippen molar-refractivity contribution in [2.24, 2.45) is 0 Å². The Hall–Kier alpha value is -1.16. The summed E-state index contributed by atoms with van der Waals surface area (Å²) in [6.07, 6.45) is 2.67. The second kappa shape index (κ2) is 3.12. The van der Waals surface area contributed by atoms with Crippen molar-refractivity contribution in [3.05, 3.63) is 24.3 Å². The van der Waals surface area contributed by atoms with Crippen molar-refractivity contribution < 1.29 is 9.08 Å². The normalized spacial score (nSPS) is 8.90. The molecule has 0 aliphatic heterocycles. The van der Waals surface area contributed by atoms with Crippen LogP contribution in [0.2, 0.25) is 0 Å². The van der Waals surface area contributed by atoms with Crippen LogP contribution in [0.3, 0.4) is 0 Å². The Morgan fingerprint density at radius 2 is 2.50 bits per heavy atom. The molecule has 1 rings (SSSR count). The molecular weight excluding hydrogens is 156 g/mol. The molecule has 0 fully saturated rings. The van der Waals surface area contributed by atoms with Crippen LogP contribution in [0, 0.1) is 0 Å². The third kappa shape index (κ3) is 1.41. The first-order chi connectivity index (χ1) is 4.84. The van der Waals surface area contributed by atoms with Gasteiger partial charge in [0.05, 0.1) is 0 Å². The fourth-order valence-corrected chi connectivity index (χ4v) is 0.530. The topological polar surface area (TPSA) is 52.1 Å². The molecule has 1 heterocycles. The highest BCUT2D eigenvalue weighted by atomic mass is 35.5. The lowest BCUT2D eigenvalue weighted by atomic mass is 10.4. The summed E-state index contributed by atoms with van der Waals surface area (Å²) in [6.45, 7) is 0. The fourth-order valence-electron chi connectivity index (χ4n) is 0.451. The van der Waals surface area contributed by atoms with Crippen LogP contribution in [0.1, 0.15) is 10.5 Å². The lowest BCUT2D eigenvalue weighted by Crippen LogP contribution is -2.00. The molecule has 0 spiro atoms. The maximum absolute atomic E-state index is 10.6. The third-order valence-corrected chi connectivity index (χ3v) is 1.00. The zero-order valence-electron chi connectivity index (χ0n) is 4.82. The molecule has 1 aromatic heterocycles. The van der Waals surface area contributed by atoms with Crippen molar-refractivity contribution in [2.45, 2.75) is 0 Å². The van der Waals surface area contributed by atoms with Crippen LogP contribution in [-0.2, 0) is 4.29 Å². The van der Waals surface area contributed by atoms with E-state index in [2.05, 4.69) is 14.3 Å². The van der Waals surface area contributed by atoms with Gasteiger partial charge in [-0.3, -0.25) is 0 Å². The van der Waals surface area contributed by atoms with Gasteiger partial charge in [0.1, 0.15) is 18.2 Å². The van der Waals surface area contributed by atoms with E-state index < -0.39 is 5.97 Å². The summed E-state index contributed by atoms with van der Waals surface area (Å²) in [7, 11) is 0. The van der Waals surface area contributed by atoms with Gasteiger partial charge in [-0.15, -0.1) is 0 Å². The zero-order valence-corrected chi connectivity index (χ0v) is 5.58. The first kappa shape index (κ1) is 6.95. The molecule has 0 amide bonds. The van der Waals surface area contributed by atoms with E-state index in [1.54, 1.807) is 0 Å². The standard InChI is InChI=1S/C5H3ClN2O2/c6-10-5(9)4-1-2-7-3-8-4/h1-3H. The minimum Gasteiger partial charge on any atom is -0.342 e. The van der Waals surface area contributed by atoms with E-state index in [1.807, 2.05) is 0 Å². The molecular formula is C5H3ClN2O2. The van der Waals surface area contributed by atoms with E-state index in [9.17, 15) is 4.79 Å². The highest BCUT2D eigenvalue weighted by molar-refractivity contribution is 6.15. The quantitative estimate of drug-likeness (QED) is 0.606. The average Bonchev–Trinajstić information content (AvgIpc) is 2.05. The summed E-state index contributed by atoms with van der Waals surface area (Å²) in [5.74, 6) is -0.677. The molecule has 4 nitrogen and oxygen atoms in total. The van der Waals surface area contributed by atoms with Gasteiger partial charge in [0.2, 0.25) is 0 Å². The molecule has 0 atom stereocenters. The SMILES string of the molecule is O=C(OCl)c1ccncn1. The molecule has 0 saturated carbocycles. The van der Waals surface area contributed by atoms with Gasteiger partial charge in [-0.1, -0.05) is 0 Å². The van der Waals surface area contributed by atoms with Crippen LogP contribution < -0.4 is 0 Å². The molecule has 0 aliphatic rings. The number of rotatable bonds is 1. The van der Waals surface area contributed by atoms with Crippen LogP contribution in [0.4, 0.5) is 0 Å². The smallest absolute Gasteiger partial charge is 0.342 e. The maximum Gasteiger partial charge on any atom is 0.375 e. The van der Waals surface area contributed by atoms with Crippen molar-refractivity contribution in [1.82, 2.24) is 9.97 Å². The lowest BCUT2D eigenvalue weighted by Gasteiger charge is -1.90. The van der Waals surface area contributed by atoms with Gasteiger partial charge < -0.3 is 4.29 Å². The number of carbonyl (C=O) groups excluding carboxylic acids is 1. The van der Waals surface area contributed by atoms with Crippen molar-refractivity contribution in [2.75, 3.05) is 0 Å². The van der Waals surface area contributed by atoms with Crippen LogP contribution in [-0.4, -0.2) is 15.9 Å². The third-order valence-electron chi connectivity index (χ3n) is 0.861. The molecule has 52 valence electrons. The summed E-state index contributed by atoms with van der Waals surface area (Å²) in [4.78, 5) is 17.7. The Bertz CT molecular complexity index is 226. The molecule has 0 aliphatic carbocycles. The van der Waals surface area contributed by atoms with Crippen molar-refractivity contribution in [3.63, 3.8) is 0 Å². The Morgan fingerprint density at radius 1 is 1.70 bits per heavy atom. The Kier molecular flexibility index (Phi) is 2.17. The highest BCUT2D eigenvalue weighted by Gasteiger charge is 2.05. The maximum atomic E-state index is 10.6. The first-order valence-electron chi connectivity index (χ1n) is 2.43. The van der Waals surface area contributed by atoms with Gasteiger partial charge in [0.25, 0.3) is 0 Å². The Morgan fingerprint density at radius 3 is 3.00 bits per heavy atom. The monoisotopic (exact) mass is 158 g/mol. The summed E-state index contributed by atoms with van der Waals surface area (Å²) in [5, 5.41) is 0. The van der Waals surface area contributed by atoms with E-state index in [4.69, 9.17) is 11.9 Å². The largest absolute Gasteiger partial charge is 0.375 e. The van der Waals surface area contributed by atoms with Gasteiger partial charge in [-0.05, 0) is 6.07 Å². The Balaban J connectivity index is 2.85. The van der Waals surface area contributed by atoms with E-state index in [-0.39, 0.29) is 5.69 Å². The molecule has 0 unspecified atom stereocenters. The minimum absolute atomic E-state index is 0.144. The number of nitrogens with zero attached hydrogens (tertiary/aromatic N) is 2. The minimum atomic E-state index is -0.677. The molecule has 0 radical (unpaired) electrons. The molecule has 0 aromatic carbocycles.